The van der Waals surface area contributed by atoms with Crippen LogP contribution in [0, 0.1) is 0 Å². The lowest BCUT2D eigenvalue weighted by molar-refractivity contribution is -0.136. The fraction of sp³-hybridized carbons (Fsp3) is 0.500. The Hall–Kier alpha value is -2.70. The fourth-order valence-electron chi connectivity index (χ4n) is 3.02. The van der Waals surface area contributed by atoms with E-state index in [1.807, 2.05) is 19.9 Å². The van der Waals surface area contributed by atoms with E-state index in [0.717, 1.165) is 18.4 Å². The van der Waals surface area contributed by atoms with Gasteiger partial charge in [-0.15, -0.1) is 0 Å². The molecule has 0 fully saturated rings. The van der Waals surface area contributed by atoms with E-state index in [-0.39, 0.29) is 6.03 Å². The molecule has 7 nitrogen and oxygen atoms in total. The third kappa shape index (κ3) is 4.93. The van der Waals surface area contributed by atoms with Crippen LogP contribution in [0.3, 0.4) is 0 Å². The van der Waals surface area contributed by atoms with Gasteiger partial charge >= 0.3 is 12.0 Å². The Kier molecular flexibility index (Phi) is 7.52. The molecule has 0 spiro atoms. The third-order valence-corrected chi connectivity index (χ3v) is 4.24. The molecule has 1 aliphatic rings. The van der Waals surface area contributed by atoms with E-state index in [2.05, 4.69) is 17.6 Å². The minimum absolute atomic E-state index is 0.342. The first-order valence-electron chi connectivity index (χ1n) is 9.34. The van der Waals surface area contributed by atoms with Gasteiger partial charge in [0.2, 0.25) is 0 Å². The van der Waals surface area contributed by atoms with Gasteiger partial charge in [0.05, 0.1) is 31.9 Å². The zero-order chi connectivity index (χ0) is 19.8. The van der Waals surface area contributed by atoms with Gasteiger partial charge in [0.15, 0.2) is 11.5 Å². The van der Waals surface area contributed by atoms with E-state index >= 15 is 0 Å². The number of benzene rings is 1. The maximum Gasteiger partial charge on any atom is 0.337 e. The molecular weight excluding hydrogens is 348 g/mol. The van der Waals surface area contributed by atoms with Gasteiger partial charge in [-0.25, -0.2) is 9.59 Å². The summed E-state index contributed by atoms with van der Waals surface area (Å²) in [5.74, 6) is 0.729. The van der Waals surface area contributed by atoms with Crippen molar-refractivity contribution in [1.29, 1.82) is 0 Å². The maximum absolute atomic E-state index is 12.5. The van der Waals surface area contributed by atoms with Crippen molar-refractivity contribution >= 4 is 12.0 Å². The number of esters is 1. The second-order valence-corrected chi connectivity index (χ2v) is 6.09. The van der Waals surface area contributed by atoms with Crippen LogP contribution in [-0.2, 0) is 9.53 Å². The number of carbonyl (C=O) groups excluding carboxylic acids is 2. The van der Waals surface area contributed by atoms with Gasteiger partial charge in [-0.05, 0) is 44.4 Å². The molecular formula is C20H28N2O5. The SMILES string of the molecule is CCCCC1=C(C(=O)OC)C(c2ccc(OCC)c(OCC)c2)NC(=O)N1. The van der Waals surface area contributed by atoms with Crippen molar-refractivity contribution in [2.45, 2.75) is 46.1 Å². The summed E-state index contributed by atoms with van der Waals surface area (Å²) in [6, 6.07) is 4.45. The highest BCUT2D eigenvalue weighted by molar-refractivity contribution is 5.95. The number of unbranched alkanes of at least 4 members (excludes halogenated alkanes) is 1. The number of allylic oxidation sites excluding steroid dienone is 1. The number of hydrogen-bond acceptors (Lipinski definition) is 5. The van der Waals surface area contributed by atoms with Gasteiger partial charge in [-0.2, -0.15) is 0 Å². The molecule has 0 aromatic heterocycles. The number of urea groups is 1. The lowest BCUT2D eigenvalue weighted by Gasteiger charge is -2.29. The summed E-state index contributed by atoms with van der Waals surface area (Å²) in [4.78, 5) is 24.7. The summed E-state index contributed by atoms with van der Waals surface area (Å²) in [5, 5.41) is 5.58. The molecule has 2 amide bonds. The molecule has 1 heterocycles. The Morgan fingerprint density at radius 2 is 1.81 bits per heavy atom. The molecule has 1 aromatic carbocycles. The Balaban J connectivity index is 2.50. The number of carbonyl (C=O) groups is 2. The standard InChI is InChI=1S/C20H28N2O5/c1-5-8-9-14-17(19(23)25-4)18(22-20(24)21-14)13-10-11-15(26-6-2)16(12-13)27-7-3/h10-12,18H,5-9H2,1-4H3,(H2,21,22,24). The van der Waals surface area contributed by atoms with Crippen LogP contribution in [0.4, 0.5) is 4.79 Å². The first-order valence-corrected chi connectivity index (χ1v) is 9.34. The molecule has 0 bridgehead atoms. The second kappa shape index (κ2) is 9.85. The molecule has 1 aromatic rings. The van der Waals surface area contributed by atoms with Gasteiger partial charge in [0.1, 0.15) is 0 Å². The van der Waals surface area contributed by atoms with Gasteiger partial charge in [0, 0.05) is 5.70 Å². The number of methoxy groups -OCH3 is 1. The Bertz CT molecular complexity index is 714. The van der Waals surface area contributed by atoms with Crippen molar-refractivity contribution in [3.63, 3.8) is 0 Å². The van der Waals surface area contributed by atoms with Crippen molar-refractivity contribution in [2.24, 2.45) is 0 Å². The Labute approximate surface area is 160 Å². The second-order valence-electron chi connectivity index (χ2n) is 6.09. The van der Waals surface area contributed by atoms with Crippen LogP contribution in [0.15, 0.2) is 29.5 Å². The van der Waals surface area contributed by atoms with Gasteiger partial charge in [0.25, 0.3) is 0 Å². The minimum atomic E-state index is -0.618. The topological polar surface area (TPSA) is 85.9 Å². The highest BCUT2D eigenvalue weighted by atomic mass is 16.5. The molecule has 148 valence electrons. The molecule has 7 heteroatoms. The van der Waals surface area contributed by atoms with Crippen LogP contribution in [-0.4, -0.2) is 32.3 Å². The zero-order valence-electron chi connectivity index (χ0n) is 16.4. The molecule has 0 saturated carbocycles. The monoisotopic (exact) mass is 376 g/mol. The van der Waals surface area contributed by atoms with Gasteiger partial charge in [-0.1, -0.05) is 19.4 Å². The number of hydrogen-bond donors (Lipinski definition) is 2. The lowest BCUT2D eigenvalue weighted by atomic mass is 9.93. The largest absolute Gasteiger partial charge is 0.490 e. The van der Waals surface area contributed by atoms with Crippen LogP contribution >= 0.6 is 0 Å². The maximum atomic E-state index is 12.5. The lowest BCUT2D eigenvalue weighted by Crippen LogP contribution is -2.45. The normalized spacial score (nSPS) is 16.4. The zero-order valence-corrected chi connectivity index (χ0v) is 16.4. The minimum Gasteiger partial charge on any atom is -0.490 e. The average Bonchev–Trinajstić information content (AvgIpc) is 2.67. The predicted octanol–water partition coefficient (Wildman–Crippen LogP) is 3.46. The Morgan fingerprint density at radius 3 is 2.44 bits per heavy atom. The third-order valence-electron chi connectivity index (χ3n) is 4.24. The molecule has 0 radical (unpaired) electrons. The average molecular weight is 376 g/mol. The first kappa shape index (κ1) is 20.6. The molecule has 1 unspecified atom stereocenters. The van der Waals surface area contributed by atoms with Crippen molar-refractivity contribution in [2.75, 3.05) is 20.3 Å². The summed E-state index contributed by atoms with van der Waals surface area (Å²) >= 11 is 0. The van der Waals surface area contributed by atoms with Crippen molar-refractivity contribution in [3.8, 4) is 11.5 Å². The highest BCUT2D eigenvalue weighted by Gasteiger charge is 2.33. The summed E-state index contributed by atoms with van der Waals surface area (Å²) in [6.07, 6.45) is 2.40. The first-order chi connectivity index (χ1) is 13.0. The molecule has 2 N–H and O–H groups in total. The number of rotatable bonds is 9. The van der Waals surface area contributed by atoms with E-state index in [1.54, 1.807) is 12.1 Å². The number of nitrogens with one attached hydrogen (secondary N) is 2. The van der Waals surface area contributed by atoms with Crippen molar-refractivity contribution < 1.29 is 23.8 Å². The van der Waals surface area contributed by atoms with E-state index in [9.17, 15) is 9.59 Å². The molecule has 27 heavy (non-hydrogen) atoms. The van der Waals surface area contributed by atoms with E-state index in [4.69, 9.17) is 14.2 Å². The molecule has 1 aliphatic heterocycles. The molecule has 0 aliphatic carbocycles. The van der Waals surface area contributed by atoms with E-state index in [0.29, 0.717) is 42.4 Å². The highest BCUT2D eigenvalue weighted by Crippen LogP contribution is 2.35. The number of ether oxygens (including phenoxy) is 3. The predicted molar refractivity (Wildman–Crippen MR) is 102 cm³/mol. The van der Waals surface area contributed by atoms with Gasteiger partial charge in [-0.3, -0.25) is 0 Å². The van der Waals surface area contributed by atoms with Crippen LogP contribution < -0.4 is 20.1 Å². The Morgan fingerprint density at radius 1 is 1.11 bits per heavy atom. The quantitative estimate of drug-likeness (QED) is 0.645. The van der Waals surface area contributed by atoms with Crippen LogP contribution in [0.2, 0.25) is 0 Å². The van der Waals surface area contributed by atoms with Gasteiger partial charge < -0.3 is 24.8 Å². The van der Waals surface area contributed by atoms with Crippen molar-refractivity contribution in [3.05, 3.63) is 35.0 Å². The molecule has 2 rings (SSSR count). The fourth-order valence-corrected chi connectivity index (χ4v) is 3.02. The summed E-state index contributed by atoms with van der Waals surface area (Å²) in [6.45, 7) is 6.83. The van der Waals surface area contributed by atoms with Crippen LogP contribution in [0.1, 0.15) is 51.6 Å². The summed E-state index contributed by atoms with van der Waals surface area (Å²) in [5.41, 5.74) is 1.74. The van der Waals surface area contributed by atoms with Crippen LogP contribution in [0.25, 0.3) is 0 Å². The molecule has 0 saturated heterocycles. The smallest absolute Gasteiger partial charge is 0.337 e. The van der Waals surface area contributed by atoms with Crippen LogP contribution in [0.5, 0.6) is 11.5 Å². The summed E-state index contributed by atoms with van der Waals surface area (Å²) < 4.78 is 16.3. The van der Waals surface area contributed by atoms with Crippen molar-refractivity contribution in [1.82, 2.24) is 10.6 Å². The number of amides is 2. The van der Waals surface area contributed by atoms with E-state index < -0.39 is 12.0 Å². The molecule has 1 atom stereocenters. The summed E-state index contributed by atoms with van der Waals surface area (Å²) in [7, 11) is 1.34. The van der Waals surface area contributed by atoms with E-state index in [1.165, 1.54) is 7.11 Å².